The van der Waals surface area contributed by atoms with Crippen LogP contribution in [0.4, 0.5) is 18.9 Å². The van der Waals surface area contributed by atoms with Crippen molar-refractivity contribution in [3.63, 3.8) is 0 Å². The lowest BCUT2D eigenvalue weighted by molar-refractivity contribution is -0.184. The van der Waals surface area contributed by atoms with Crippen LogP contribution in [-0.4, -0.2) is 43.7 Å². The van der Waals surface area contributed by atoms with Crippen LogP contribution in [0.1, 0.15) is 22.3 Å². The Bertz CT molecular complexity index is 1030. The second-order valence-electron chi connectivity index (χ2n) is 7.76. The highest BCUT2D eigenvalue weighted by Gasteiger charge is 2.59. The molecule has 2 fully saturated rings. The average Bonchev–Trinajstić information content (AvgIpc) is 3.35. The highest BCUT2D eigenvalue weighted by atomic mass is 79.9. The molecule has 2 unspecified atom stereocenters. The highest BCUT2D eigenvalue weighted by Crippen LogP contribution is 2.49. The first-order chi connectivity index (χ1) is 15.1. The molecular weight excluding hydrogens is 515 g/mol. The number of alkyl halides is 3. The molecular formula is C21H18BrClF3N3O3. The normalized spacial score (nSPS) is 23.3. The first kappa shape index (κ1) is 22.9. The van der Waals surface area contributed by atoms with Gasteiger partial charge in [0, 0.05) is 33.8 Å². The minimum absolute atomic E-state index is 0.0234. The number of rotatable bonds is 4. The Morgan fingerprint density at radius 1 is 1.25 bits per heavy atom. The summed E-state index contributed by atoms with van der Waals surface area (Å²) in [5.74, 6) is -0.916. The molecule has 2 atom stereocenters. The SMILES string of the molecule is O=C(NC1CONC1=O)c1ccc(N2CCC(c3cc(Cl)cc(Br)c3)(C(F)(F)F)C2)cc1. The van der Waals surface area contributed by atoms with Crippen molar-refractivity contribution in [2.24, 2.45) is 0 Å². The van der Waals surface area contributed by atoms with Crippen LogP contribution in [0.5, 0.6) is 0 Å². The summed E-state index contributed by atoms with van der Waals surface area (Å²) < 4.78 is 43.3. The van der Waals surface area contributed by atoms with Gasteiger partial charge in [-0.1, -0.05) is 27.5 Å². The van der Waals surface area contributed by atoms with E-state index in [0.717, 1.165) is 0 Å². The Kier molecular flexibility index (Phi) is 6.12. The fraction of sp³-hybridized carbons (Fsp3) is 0.333. The molecule has 2 heterocycles. The van der Waals surface area contributed by atoms with Gasteiger partial charge in [0.1, 0.15) is 18.1 Å². The molecule has 2 aliphatic heterocycles. The number of nitrogens with zero attached hydrogens (tertiary/aromatic N) is 1. The fourth-order valence-corrected chi connectivity index (χ4v) is 4.87. The van der Waals surface area contributed by atoms with Gasteiger partial charge in [-0.05, 0) is 54.4 Å². The summed E-state index contributed by atoms with van der Waals surface area (Å²) in [6, 6.07) is 9.81. The molecule has 2 aromatic rings. The topological polar surface area (TPSA) is 70.7 Å². The third-order valence-electron chi connectivity index (χ3n) is 5.77. The Morgan fingerprint density at radius 3 is 2.56 bits per heavy atom. The standard InChI is InChI=1S/C21H18BrClF3N3O3/c22-14-7-13(8-15(23)9-14)20(21(24,25)26)5-6-29(11-20)16-3-1-12(2-4-16)18(30)27-17-10-32-28-19(17)31/h1-4,7-9,17H,5-6,10-11H2,(H,27,30)(H,28,31). The van der Waals surface area contributed by atoms with Gasteiger partial charge in [0.25, 0.3) is 11.8 Å². The van der Waals surface area contributed by atoms with Crippen molar-refractivity contribution < 1.29 is 27.6 Å². The number of amides is 2. The van der Waals surface area contributed by atoms with Crippen molar-refractivity contribution in [2.75, 3.05) is 24.6 Å². The molecule has 0 aromatic heterocycles. The van der Waals surface area contributed by atoms with Gasteiger partial charge >= 0.3 is 6.18 Å². The molecule has 11 heteroatoms. The third kappa shape index (κ3) is 4.31. The van der Waals surface area contributed by atoms with Gasteiger partial charge in [-0.2, -0.15) is 13.2 Å². The summed E-state index contributed by atoms with van der Waals surface area (Å²) in [4.78, 5) is 30.3. The van der Waals surface area contributed by atoms with Crippen molar-refractivity contribution in [3.8, 4) is 0 Å². The molecule has 0 aliphatic carbocycles. The second-order valence-corrected chi connectivity index (χ2v) is 9.11. The predicted octanol–water partition coefficient (Wildman–Crippen LogP) is 3.97. The van der Waals surface area contributed by atoms with E-state index in [1.54, 1.807) is 23.1 Å². The number of hydrogen-bond donors (Lipinski definition) is 2. The Balaban J connectivity index is 1.53. The Hall–Kier alpha value is -2.30. The average molecular weight is 533 g/mol. The first-order valence-electron chi connectivity index (χ1n) is 9.70. The molecule has 32 heavy (non-hydrogen) atoms. The second kappa shape index (κ2) is 8.57. The summed E-state index contributed by atoms with van der Waals surface area (Å²) in [6.07, 6.45) is -4.60. The molecule has 6 nitrogen and oxygen atoms in total. The van der Waals surface area contributed by atoms with E-state index in [9.17, 15) is 22.8 Å². The van der Waals surface area contributed by atoms with Gasteiger partial charge in [0.05, 0.1) is 0 Å². The summed E-state index contributed by atoms with van der Waals surface area (Å²) >= 11 is 9.26. The number of hydroxylamine groups is 1. The van der Waals surface area contributed by atoms with E-state index in [2.05, 4.69) is 26.7 Å². The maximum Gasteiger partial charge on any atom is 0.400 e. The number of carbonyl (C=O) groups is 2. The number of anilines is 1. The van der Waals surface area contributed by atoms with Crippen LogP contribution in [0.25, 0.3) is 0 Å². The predicted molar refractivity (Wildman–Crippen MR) is 116 cm³/mol. The highest BCUT2D eigenvalue weighted by molar-refractivity contribution is 9.10. The summed E-state index contributed by atoms with van der Waals surface area (Å²) in [5, 5.41) is 2.77. The van der Waals surface area contributed by atoms with Gasteiger partial charge in [0.15, 0.2) is 0 Å². The van der Waals surface area contributed by atoms with E-state index in [4.69, 9.17) is 16.4 Å². The molecule has 0 bridgehead atoms. The van der Waals surface area contributed by atoms with E-state index in [0.29, 0.717) is 10.2 Å². The van der Waals surface area contributed by atoms with Crippen LogP contribution in [-0.2, 0) is 15.0 Å². The molecule has 2 N–H and O–H groups in total. The molecule has 4 rings (SSSR count). The third-order valence-corrected chi connectivity index (χ3v) is 6.44. The number of hydrogen-bond acceptors (Lipinski definition) is 4. The van der Waals surface area contributed by atoms with Crippen LogP contribution < -0.4 is 15.7 Å². The molecule has 2 saturated heterocycles. The largest absolute Gasteiger partial charge is 0.400 e. The first-order valence-corrected chi connectivity index (χ1v) is 10.9. The lowest BCUT2D eigenvalue weighted by Gasteiger charge is -2.33. The number of nitrogens with one attached hydrogen (secondary N) is 2. The monoisotopic (exact) mass is 531 g/mol. The number of halogens is 5. The molecule has 170 valence electrons. The van der Waals surface area contributed by atoms with Crippen molar-refractivity contribution in [3.05, 3.63) is 63.1 Å². The minimum Gasteiger partial charge on any atom is -0.370 e. The Labute approximate surface area is 195 Å². The lowest BCUT2D eigenvalue weighted by atomic mass is 9.79. The van der Waals surface area contributed by atoms with Gasteiger partial charge in [-0.3, -0.25) is 14.4 Å². The summed E-state index contributed by atoms with van der Waals surface area (Å²) in [6.45, 7) is -0.0568. The summed E-state index contributed by atoms with van der Waals surface area (Å²) in [7, 11) is 0. The van der Waals surface area contributed by atoms with Gasteiger partial charge < -0.3 is 10.2 Å². The minimum atomic E-state index is -4.48. The van der Waals surface area contributed by atoms with Crippen molar-refractivity contribution >= 4 is 45.0 Å². The van der Waals surface area contributed by atoms with Crippen molar-refractivity contribution in [1.29, 1.82) is 0 Å². The van der Waals surface area contributed by atoms with Crippen LogP contribution in [0.15, 0.2) is 46.9 Å². The number of benzene rings is 2. The van der Waals surface area contributed by atoms with Crippen molar-refractivity contribution in [1.82, 2.24) is 10.8 Å². The molecule has 0 spiro atoms. The van der Waals surface area contributed by atoms with E-state index < -0.39 is 29.4 Å². The quantitative estimate of drug-likeness (QED) is 0.625. The number of carbonyl (C=O) groups excluding carboxylic acids is 2. The van der Waals surface area contributed by atoms with Crippen LogP contribution >= 0.6 is 27.5 Å². The van der Waals surface area contributed by atoms with E-state index in [1.165, 1.54) is 24.3 Å². The smallest absolute Gasteiger partial charge is 0.370 e. The Morgan fingerprint density at radius 2 is 1.97 bits per heavy atom. The zero-order valence-electron chi connectivity index (χ0n) is 16.5. The van der Waals surface area contributed by atoms with E-state index >= 15 is 0 Å². The van der Waals surface area contributed by atoms with Gasteiger partial charge in [-0.15, -0.1) is 0 Å². The van der Waals surface area contributed by atoms with Gasteiger partial charge in [-0.25, -0.2) is 5.48 Å². The van der Waals surface area contributed by atoms with E-state index in [-0.39, 0.29) is 42.3 Å². The maximum atomic E-state index is 14.3. The van der Waals surface area contributed by atoms with Gasteiger partial charge in [0.2, 0.25) is 0 Å². The fourth-order valence-electron chi connectivity index (χ4n) is 4.01. The summed E-state index contributed by atoms with van der Waals surface area (Å²) in [5.41, 5.74) is 1.05. The lowest BCUT2D eigenvalue weighted by Crippen LogP contribution is -2.45. The molecule has 2 aliphatic rings. The van der Waals surface area contributed by atoms with E-state index in [1.807, 2.05) is 0 Å². The van der Waals surface area contributed by atoms with Crippen LogP contribution in [0, 0.1) is 0 Å². The van der Waals surface area contributed by atoms with Crippen LogP contribution in [0.3, 0.4) is 0 Å². The maximum absolute atomic E-state index is 14.3. The molecule has 0 radical (unpaired) electrons. The molecule has 2 amide bonds. The zero-order valence-corrected chi connectivity index (χ0v) is 18.9. The van der Waals surface area contributed by atoms with Crippen LogP contribution in [0.2, 0.25) is 5.02 Å². The van der Waals surface area contributed by atoms with Crippen molar-refractivity contribution in [2.45, 2.75) is 24.1 Å². The molecule has 2 aromatic carbocycles. The zero-order chi connectivity index (χ0) is 23.1. The molecule has 0 saturated carbocycles.